The van der Waals surface area contributed by atoms with E-state index < -0.39 is 17.9 Å². The Bertz CT molecular complexity index is 1600. The first-order valence-electron chi connectivity index (χ1n) is 14.5. The molecule has 0 fully saturated rings. The standard InChI is InChI=1S/C36H37FN3O3P/c1-25(2)34(41)33(40-36(42)39-31-18-16-30(37)17-19-31)22-28-12-6-11-26(21-28)13-8-20-43-32-15-7-14-29(23-32)35(44)38-24-27-9-4-3-5-10-27/h3-7,9-12,14-19,21,23,25,33,35,38H,20,22,24,44H2,1-2H3,(H2,39,40,42). The van der Waals surface area contributed by atoms with Crippen molar-refractivity contribution in [2.75, 3.05) is 11.9 Å². The zero-order valence-corrected chi connectivity index (χ0v) is 26.0. The van der Waals surface area contributed by atoms with Crippen LogP contribution in [0.4, 0.5) is 14.9 Å². The van der Waals surface area contributed by atoms with Crippen molar-refractivity contribution in [2.24, 2.45) is 5.92 Å². The number of halogens is 1. The average Bonchev–Trinajstić information content (AvgIpc) is 3.03. The second kappa shape index (κ2) is 16.4. The summed E-state index contributed by atoms with van der Waals surface area (Å²) in [5.41, 5.74) is 4.38. The van der Waals surface area contributed by atoms with Crippen LogP contribution in [-0.4, -0.2) is 24.5 Å². The van der Waals surface area contributed by atoms with E-state index in [-0.39, 0.29) is 24.1 Å². The van der Waals surface area contributed by atoms with Crippen LogP contribution in [0.5, 0.6) is 5.75 Å². The third-order valence-electron chi connectivity index (χ3n) is 6.82. The van der Waals surface area contributed by atoms with Gasteiger partial charge in [0.2, 0.25) is 0 Å². The molecule has 0 saturated heterocycles. The number of rotatable bonds is 12. The highest BCUT2D eigenvalue weighted by Crippen LogP contribution is 2.24. The molecule has 0 heterocycles. The van der Waals surface area contributed by atoms with Crippen LogP contribution >= 0.6 is 9.24 Å². The summed E-state index contributed by atoms with van der Waals surface area (Å²) in [6.07, 6.45) is 0.307. The Morgan fingerprint density at radius 2 is 1.61 bits per heavy atom. The minimum absolute atomic E-state index is 0.0717. The van der Waals surface area contributed by atoms with Crippen molar-refractivity contribution >= 4 is 26.7 Å². The van der Waals surface area contributed by atoms with Crippen LogP contribution in [0.1, 0.15) is 41.9 Å². The molecule has 0 aliphatic heterocycles. The maximum Gasteiger partial charge on any atom is 0.319 e. The second-order valence-electron chi connectivity index (χ2n) is 10.6. The van der Waals surface area contributed by atoms with E-state index >= 15 is 0 Å². The number of benzene rings is 4. The highest BCUT2D eigenvalue weighted by atomic mass is 31.0. The van der Waals surface area contributed by atoms with E-state index in [0.717, 1.165) is 29.0 Å². The number of ether oxygens (including phenoxy) is 1. The lowest BCUT2D eigenvalue weighted by molar-refractivity contribution is -0.123. The Balaban J connectivity index is 1.33. The Hall–Kier alpha value is -4.50. The summed E-state index contributed by atoms with van der Waals surface area (Å²) in [6.45, 7) is 4.57. The van der Waals surface area contributed by atoms with Crippen molar-refractivity contribution in [3.05, 3.63) is 131 Å². The molecule has 0 aromatic heterocycles. The molecule has 2 amide bonds. The Morgan fingerprint density at radius 1 is 0.886 bits per heavy atom. The fraction of sp³-hybridized carbons (Fsp3) is 0.222. The summed E-state index contributed by atoms with van der Waals surface area (Å²) in [7, 11) is 2.83. The largest absolute Gasteiger partial charge is 0.481 e. The second-order valence-corrected chi connectivity index (χ2v) is 11.3. The van der Waals surface area contributed by atoms with Gasteiger partial charge in [-0.3, -0.25) is 4.79 Å². The Labute approximate surface area is 261 Å². The molecule has 0 radical (unpaired) electrons. The summed E-state index contributed by atoms with van der Waals surface area (Å²) in [4.78, 5) is 25.6. The minimum Gasteiger partial charge on any atom is -0.481 e. The van der Waals surface area contributed by atoms with Crippen molar-refractivity contribution in [1.82, 2.24) is 10.6 Å². The van der Waals surface area contributed by atoms with Crippen molar-refractivity contribution in [2.45, 2.75) is 38.6 Å². The molecule has 8 heteroatoms. The third kappa shape index (κ3) is 10.3. The monoisotopic (exact) mass is 609 g/mol. The van der Waals surface area contributed by atoms with Gasteiger partial charge in [-0.25, -0.2) is 9.18 Å². The first-order chi connectivity index (χ1) is 21.3. The molecule has 3 atom stereocenters. The van der Waals surface area contributed by atoms with Gasteiger partial charge in [0.25, 0.3) is 0 Å². The van der Waals surface area contributed by atoms with E-state index in [2.05, 4.69) is 55.2 Å². The van der Waals surface area contributed by atoms with Crippen LogP contribution in [0.2, 0.25) is 0 Å². The third-order valence-corrected chi connectivity index (χ3v) is 7.44. The average molecular weight is 610 g/mol. The maximum atomic E-state index is 13.2. The van der Waals surface area contributed by atoms with Gasteiger partial charge in [-0.2, -0.15) is 0 Å². The van der Waals surface area contributed by atoms with Gasteiger partial charge >= 0.3 is 6.03 Å². The first-order valence-corrected chi connectivity index (χ1v) is 15.1. The molecule has 6 nitrogen and oxygen atoms in total. The molecule has 0 aliphatic carbocycles. The zero-order chi connectivity index (χ0) is 31.3. The van der Waals surface area contributed by atoms with E-state index in [1.807, 2.05) is 60.7 Å². The molecule has 4 rings (SSSR count). The van der Waals surface area contributed by atoms with Crippen molar-refractivity contribution in [3.63, 3.8) is 0 Å². The molecule has 44 heavy (non-hydrogen) atoms. The Morgan fingerprint density at radius 3 is 2.36 bits per heavy atom. The smallest absolute Gasteiger partial charge is 0.319 e. The zero-order valence-electron chi connectivity index (χ0n) is 24.8. The maximum absolute atomic E-state index is 13.2. The number of Topliss-reactive ketones (excluding diaryl/α,β-unsaturated/α-hetero) is 1. The molecule has 3 N–H and O–H groups in total. The number of amides is 2. The van der Waals surface area contributed by atoms with Crippen LogP contribution in [0, 0.1) is 23.6 Å². The molecule has 0 spiro atoms. The quantitative estimate of drug-likeness (QED) is 0.121. The summed E-state index contributed by atoms with van der Waals surface area (Å²) in [5.74, 6) is 6.24. The van der Waals surface area contributed by atoms with Crippen LogP contribution in [-0.2, 0) is 17.8 Å². The molecular weight excluding hydrogens is 572 g/mol. The number of hydrogen-bond acceptors (Lipinski definition) is 4. The van der Waals surface area contributed by atoms with E-state index in [1.54, 1.807) is 13.8 Å². The highest BCUT2D eigenvalue weighted by Gasteiger charge is 2.23. The van der Waals surface area contributed by atoms with E-state index in [0.29, 0.717) is 12.1 Å². The van der Waals surface area contributed by atoms with Gasteiger partial charge in [0.1, 0.15) is 18.2 Å². The molecule has 0 saturated carbocycles. The fourth-order valence-corrected chi connectivity index (χ4v) is 4.82. The predicted octanol–water partition coefficient (Wildman–Crippen LogP) is 6.88. The van der Waals surface area contributed by atoms with Crippen LogP contribution < -0.4 is 20.7 Å². The number of nitrogens with one attached hydrogen (secondary N) is 3. The van der Waals surface area contributed by atoms with Crippen molar-refractivity contribution in [1.29, 1.82) is 0 Å². The fourth-order valence-electron chi connectivity index (χ4n) is 4.49. The van der Waals surface area contributed by atoms with Gasteiger partial charge in [-0.05, 0) is 71.6 Å². The van der Waals surface area contributed by atoms with Crippen LogP contribution in [0.15, 0.2) is 103 Å². The van der Waals surface area contributed by atoms with Gasteiger partial charge < -0.3 is 20.7 Å². The lowest BCUT2D eigenvalue weighted by atomic mass is 9.95. The first kappa shape index (κ1) is 32.4. The number of carbonyl (C=O) groups excluding carboxylic acids is 2. The van der Waals surface area contributed by atoms with E-state index in [4.69, 9.17) is 4.74 Å². The van der Waals surface area contributed by atoms with Gasteiger partial charge in [0.15, 0.2) is 5.78 Å². The summed E-state index contributed by atoms with van der Waals surface area (Å²) < 4.78 is 19.1. The number of ketones is 1. The van der Waals surface area contributed by atoms with Crippen molar-refractivity contribution < 1.29 is 18.7 Å². The van der Waals surface area contributed by atoms with Gasteiger partial charge in [0.05, 0.1) is 6.04 Å². The SMILES string of the molecule is CC(C)C(=O)C(Cc1cccc(C#CCOc2cccc(C(P)NCc3ccccc3)c2)c1)NC(=O)Nc1ccc(F)cc1. The normalized spacial score (nSPS) is 12.0. The Kier molecular flexibility index (Phi) is 12.1. The predicted molar refractivity (Wildman–Crippen MR) is 177 cm³/mol. The molecule has 0 aliphatic rings. The highest BCUT2D eigenvalue weighted by molar-refractivity contribution is 7.17. The van der Waals surface area contributed by atoms with Crippen LogP contribution in [0.3, 0.4) is 0 Å². The van der Waals surface area contributed by atoms with Gasteiger partial charge in [-0.15, -0.1) is 9.24 Å². The topological polar surface area (TPSA) is 79.5 Å². The number of hydrogen-bond donors (Lipinski definition) is 3. The number of anilines is 1. The molecule has 4 aromatic rings. The summed E-state index contributed by atoms with van der Waals surface area (Å²) >= 11 is 0. The number of carbonyl (C=O) groups is 2. The molecular formula is C36H37FN3O3P. The van der Waals surface area contributed by atoms with Gasteiger partial charge in [-0.1, -0.05) is 80.3 Å². The minimum atomic E-state index is -0.739. The lowest BCUT2D eigenvalue weighted by Crippen LogP contribution is -2.46. The van der Waals surface area contributed by atoms with Crippen molar-refractivity contribution in [3.8, 4) is 17.6 Å². The van der Waals surface area contributed by atoms with E-state index in [1.165, 1.54) is 29.8 Å². The number of urea groups is 1. The molecule has 4 aromatic carbocycles. The van der Waals surface area contributed by atoms with Crippen LogP contribution in [0.25, 0.3) is 0 Å². The molecule has 0 bridgehead atoms. The summed E-state index contributed by atoms with van der Waals surface area (Å²) in [6, 6.07) is 29.9. The lowest BCUT2D eigenvalue weighted by Gasteiger charge is -2.20. The summed E-state index contributed by atoms with van der Waals surface area (Å²) in [5, 5.41) is 8.93. The molecule has 226 valence electrons. The van der Waals surface area contributed by atoms with Gasteiger partial charge in [0, 0.05) is 29.5 Å². The molecule has 3 unspecified atom stereocenters. The van der Waals surface area contributed by atoms with E-state index in [9.17, 15) is 14.0 Å².